The van der Waals surface area contributed by atoms with E-state index in [1.165, 1.54) is 0 Å². The van der Waals surface area contributed by atoms with Gasteiger partial charge in [0, 0.05) is 18.5 Å². The number of rotatable bonds is 4. The first kappa shape index (κ1) is 17.0. The molecule has 0 saturated carbocycles. The number of aromatic nitrogens is 3. The highest BCUT2D eigenvalue weighted by atomic mass is 35.5. The lowest BCUT2D eigenvalue weighted by Gasteiger charge is -2.17. The van der Waals surface area contributed by atoms with E-state index in [0.717, 1.165) is 47.1 Å². The molecular formula is C17H16Cl2N4OS. The first-order valence-corrected chi connectivity index (χ1v) is 9.61. The molecule has 1 aliphatic heterocycles. The molecule has 8 heteroatoms. The summed E-state index contributed by atoms with van der Waals surface area (Å²) in [6, 6.07) is 3.49. The van der Waals surface area contributed by atoms with Gasteiger partial charge in [-0.05, 0) is 25.5 Å². The van der Waals surface area contributed by atoms with E-state index in [2.05, 4.69) is 19.9 Å². The molecule has 130 valence electrons. The summed E-state index contributed by atoms with van der Waals surface area (Å²) in [5, 5.41) is 4.09. The summed E-state index contributed by atoms with van der Waals surface area (Å²) in [6.07, 6.45) is 2.91. The monoisotopic (exact) mass is 394 g/mol. The van der Waals surface area contributed by atoms with Gasteiger partial charge in [-0.1, -0.05) is 23.2 Å². The average Bonchev–Trinajstić information content (AvgIpc) is 3.22. The third-order valence-corrected chi connectivity index (χ3v) is 5.72. The molecule has 3 aromatic rings. The van der Waals surface area contributed by atoms with Gasteiger partial charge in [-0.3, -0.25) is 4.98 Å². The number of fused-ring (bicyclic) bond motifs is 1. The molecule has 0 aliphatic carbocycles. The molecule has 3 heterocycles. The second-order valence-corrected chi connectivity index (χ2v) is 7.89. The first-order chi connectivity index (χ1) is 12.1. The molecule has 0 N–H and O–H groups in total. The Labute approximate surface area is 159 Å². The van der Waals surface area contributed by atoms with Crippen LogP contribution in [0, 0.1) is 6.92 Å². The van der Waals surface area contributed by atoms with E-state index in [1.807, 2.05) is 12.3 Å². The molecule has 0 bridgehead atoms. The quantitative estimate of drug-likeness (QED) is 0.651. The van der Waals surface area contributed by atoms with Gasteiger partial charge in [-0.25, -0.2) is 9.97 Å². The Morgan fingerprint density at radius 2 is 2.04 bits per heavy atom. The third-order valence-electron chi connectivity index (χ3n) is 4.17. The summed E-state index contributed by atoms with van der Waals surface area (Å²) in [5.74, 6) is 0.835. The highest BCUT2D eigenvalue weighted by Gasteiger charge is 2.25. The molecule has 1 saturated heterocycles. The molecule has 0 spiro atoms. The summed E-state index contributed by atoms with van der Waals surface area (Å²) >= 11 is 13.8. The molecule has 1 unspecified atom stereocenters. The van der Waals surface area contributed by atoms with Crippen LogP contribution >= 0.6 is 34.5 Å². The molecule has 5 nitrogen and oxygen atoms in total. The predicted octanol–water partition coefficient (Wildman–Crippen LogP) is 4.50. The van der Waals surface area contributed by atoms with Gasteiger partial charge in [-0.2, -0.15) is 0 Å². The molecule has 25 heavy (non-hydrogen) atoms. The Hall–Kier alpha value is -1.47. The van der Waals surface area contributed by atoms with E-state index in [-0.39, 0.29) is 6.10 Å². The molecule has 1 atom stereocenters. The number of ether oxygens (including phenoxy) is 1. The van der Waals surface area contributed by atoms with Gasteiger partial charge < -0.3 is 9.64 Å². The maximum Gasteiger partial charge on any atom is 0.147 e. The van der Waals surface area contributed by atoms with E-state index < -0.39 is 0 Å². The highest BCUT2D eigenvalue weighted by molar-refractivity contribution is 7.09. The van der Waals surface area contributed by atoms with Crippen LogP contribution < -0.4 is 4.90 Å². The number of anilines is 1. The maximum atomic E-state index is 6.09. The van der Waals surface area contributed by atoms with Gasteiger partial charge in [0.25, 0.3) is 0 Å². The first-order valence-electron chi connectivity index (χ1n) is 7.98. The fourth-order valence-electron chi connectivity index (χ4n) is 2.90. The summed E-state index contributed by atoms with van der Waals surface area (Å²) in [4.78, 5) is 15.7. The van der Waals surface area contributed by atoms with Crippen LogP contribution in [-0.2, 0) is 11.3 Å². The number of thiazole rings is 1. The molecule has 1 aliphatic rings. The summed E-state index contributed by atoms with van der Waals surface area (Å²) in [7, 11) is 0. The van der Waals surface area contributed by atoms with E-state index in [4.69, 9.17) is 27.9 Å². The summed E-state index contributed by atoms with van der Waals surface area (Å²) in [6.45, 7) is 4.25. The van der Waals surface area contributed by atoms with Gasteiger partial charge in [0.15, 0.2) is 0 Å². The molecule has 0 radical (unpaired) electrons. The predicted molar refractivity (Wildman–Crippen MR) is 102 cm³/mol. The van der Waals surface area contributed by atoms with Crippen molar-refractivity contribution in [2.45, 2.75) is 26.1 Å². The normalized spacial score (nSPS) is 17.6. The molecule has 1 fully saturated rings. The maximum absolute atomic E-state index is 6.09. The lowest BCUT2D eigenvalue weighted by molar-refractivity contribution is 0.0535. The van der Waals surface area contributed by atoms with E-state index in [0.29, 0.717) is 16.7 Å². The van der Waals surface area contributed by atoms with Gasteiger partial charge in [-0.15, -0.1) is 11.3 Å². The van der Waals surface area contributed by atoms with E-state index >= 15 is 0 Å². The number of aryl methyl sites for hydroxylation is 1. The number of nitrogens with zero attached hydrogens (tertiary/aromatic N) is 4. The van der Waals surface area contributed by atoms with Crippen molar-refractivity contribution in [3.8, 4) is 0 Å². The molecule has 0 amide bonds. The van der Waals surface area contributed by atoms with Crippen molar-refractivity contribution in [1.82, 2.24) is 15.0 Å². The fourth-order valence-corrected chi connectivity index (χ4v) is 3.81. The zero-order valence-electron chi connectivity index (χ0n) is 13.6. The van der Waals surface area contributed by atoms with Crippen LogP contribution in [0.25, 0.3) is 11.0 Å². The van der Waals surface area contributed by atoms with Crippen molar-refractivity contribution >= 4 is 51.4 Å². The number of hydrogen-bond donors (Lipinski definition) is 0. The molecule has 4 rings (SSSR count). The Morgan fingerprint density at radius 1 is 1.24 bits per heavy atom. The number of hydrogen-bond acceptors (Lipinski definition) is 6. The minimum Gasteiger partial charge on any atom is -0.370 e. The molecule has 2 aromatic heterocycles. The number of benzene rings is 1. The molecular weight excluding hydrogens is 379 g/mol. The van der Waals surface area contributed by atoms with Crippen molar-refractivity contribution in [2.75, 3.05) is 18.0 Å². The van der Waals surface area contributed by atoms with Crippen LogP contribution in [-0.4, -0.2) is 34.1 Å². The Morgan fingerprint density at radius 3 is 2.80 bits per heavy atom. The largest absolute Gasteiger partial charge is 0.370 e. The standard InChI is InChI=1S/C17H16Cl2N4OS/c1-10-21-11(9-25-10)8-24-12-2-3-23(7-12)17-6-20-15-4-13(18)14(19)5-16(15)22-17/h4-6,9,12H,2-3,7-8H2,1H3. The van der Waals surface area contributed by atoms with Crippen molar-refractivity contribution in [1.29, 1.82) is 0 Å². The van der Waals surface area contributed by atoms with Crippen molar-refractivity contribution < 1.29 is 4.74 Å². The summed E-state index contributed by atoms with van der Waals surface area (Å²) < 4.78 is 5.99. The zero-order chi connectivity index (χ0) is 17.4. The second-order valence-electron chi connectivity index (χ2n) is 6.01. The van der Waals surface area contributed by atoms with Gasteiger partial charge in [0.05, 0.1) is 50.7 Å². The SMILES string of the molecule is Cc1nc(COC2CCN(c3cnc4cc(Cl)c(Cl)cc4n3)C2)cs1. The fraction of sp³-hybridized carbons (Fsp3) is 0.353. The second kappa shape index (κ2) is 7.03. The van der Waals surface area contributed by atoms with Crippen LogP contribution in [0.3, 0.4) is 0 Å². The van der Waals surface area contributed by atoms with Crippen LogP contribution in [0.1, 0.15) is 17.1 Å². The smallest absolute Gasteiger partial charge is 0.147 e. The summed E-state index contributed by atoms with van der Waals surface area (Å²) in [5.41, 5.74) is 2.48. The highest BCUT2D eigenvalue weighted by Crippen LogP contribution is 2.28. The minimum absolute atomic E-state index is 0.174. The van der Waals surface area contributed by atoms with Crippen molar-refractivity contribution in [3.05, 3.63) is 44.5 Å². The van der Waals surface area contributed by atoms with Crippen LogP contribution in [0.5, 0.6) is 0 Å². The van der Waals surface area contributed by atoms with Gasteiger partial charge in [0.2, 0.25) is 0 Å². The topological polar surface area (TPSA) is 51.1 Å². The third kappa shape index (κ3) is 3.72. The Balaban J connectivity index is 1.44. The van der Waals surface area contributed by atoms with Crippen LogP contribution in [0.4, 0.5) is 5.82 Å². The van der Waals surface area contributed by atoms with Gasteiger partial charge in [0.1, 0.15) is 5.82 Å². The van der Waals surface area contributed by atoms with Crippen molar-refractivity contribution in [2.24, 2.45) is 0 Å². The van der Waals surface area contributed by atoms with Crippen LogP contribution in [0.15, 0.2) is 23.7 Å². The number of halogens is 2. The minimum atomic E-state index is 0.174. The average molecular weight is 395 g/mol. The van der Waals surface area contributed by atoms with E-state index in [9.17, 15) is 0 Å². The van der Waals surface area contributed by atoms with Crippen LogP contribution in [0.2, 0.25) is 10.0 Å². The van der Waals surface area contributed by atoms with E-state index in [1.54, 1.807) is 29.7 Å². The lowest BCUT2D eigenvalue weighted by atomic mass is 10.3. The van der Waals surface area contributed by atoms with Gasteiger partial charge >= 0.3 is 0 Å². The zero-order valence-corrected chi connectivity index (χ0v) is 15.9. The lowest BCUT2D eigenvalue weighted by Crippen LogP contribution is -2.23. The Kier molecular flexibility index (Phi) is 4.78. The van der Waals surface area contributed by atoms with Crippen molar-refractivity contribution in [3.63, 3.8) is 0 Å². The molecule has 1 aromatic carbocycles. The Bertz CT molecular complexity index is 917.